The average molecular weight is 268 g/mol. The summed E-state index contributed by atoms with van der Waals surface area (Å²) in [5.74, 6) is 0. The zero-order valence-corrected chi connectivity index (χ0v) is 9.29. The van der Waals surface area contributed by atoms with Gasteiger partial charge >= 0.3 is 20.6 Å². The van der Waals surface area contributed by atoms with E-state index in [-0.39, 0.29) is 11.4 Å². The first-order chi connectivity index (χ1) is 7.16. The lowest BCUT2D eigenvalue weighted by Crippen LogP contribution is -2.11. The average Bonchev–Trinajstić information content (AvgIpc) is 2.03. The molecule has 0 heterocycles. The van der Waals surface area contributed by atoms with Gasteiger partial charge in [0.15, 0.2) is 0 Å². The fraction of sp³-hybridized carbons (Fsp3) is 0. The summed E-state index contributed by atoms with van der Waals surface area (Å²) >= 11 is 0. The Morgan fingerprint density at radius 3 is 1.19 bits per heavy atom. The molecule has 0 spiro atoms. The highest BCUT2D eigenvalue weighted by Crippen LogP contribution is 2.14. The van der Waals surface area contributed by atoms with Crippen LogP contribution in [-0.4, -0.2) is 25.9 Å². The van der Waals surface area contributed by atoms with Gasteiger partial charge in [-0.05, 0) is 24.3 Å². The van der Waals surface area contributed by atoms with Crippen LogP contribution in [-0.2, 0) is 20.6 Å². The lowest BCUT2D eigenvalue weighted by molar-refractivity contribution is 0.487. The van der Waals surface area contributed by atoms with Crippen molar-refractivity contribution in [2.75, 3.05) is 9.44 Å². The highest BCUT2D eigenvalue weighted by atomic mass is 32.2. The summed E-state index contributed by atoms with van der Waals surface area (Å²) in [5.41, 5.74) is 0.0896. The van der Waals surface area contributed by atoms with Crippen LogP contribution in [0.25, 0.3) is 0 Å². The van der Waals surface area contributed by atoms with Crippen molar-refractivity contribution in [2.45, 2.75) is 0 Å². The SMILES string of the molecule is O=S(=O)(O)Nc1ccc(NS(=O)(=O)O)cc1. The molecule has 0 radical (unpaired) electrons. The van der Waals surface area contributed by atoms with Crippen molar-refractivity contribution in [1.29, 1.82) is 0 Å². The Kier molecular flexibility index (Phi) is 3.38. The maximum atomic E-state index is 10.4. The number of hydrogen-bond acceptors (Lipinski definition) is 4. The summed E-state index contributed by atoms with van der Waals surface area (Å²) in [4.78, 5) is 0. The molecule has 0 aliphatic rings. The van der Waals surface area contributed by atoms with E-state index in [0.717, 1.165) is 0 Å². The summed E-state index contributed by atoms with van der Waals surface area (Å²) in [7, 11) is -8.73. The Balaban J connectivity index is 2.84. The highest BCUT2D eigenvalue weighted by molar-refractivity contribution is 7.87. The first kappa shape index (κ1) is 12.7. The van der Waals surface area contributed by atoms with Gasteiger partial charge in [0.1, 0.15) is 0 Å². The fourth-order valence-electron chi connectivity index (χ4n) is 0.904. The summed E-state index contributed by atoms with van der Waals surface area (Å²) in [6.45, 7) is 0. The Morgan fingerprint density at radius 1 is 0.750 bits per heavy atom. The molecule has 1 aromatic rings. The molecule has 0 aliphatic carbocycles. The summed E-state index contributed by atoms with van der Waals surface area (Å²) in [5, 5.41) is 0. The largest absolute Gasteiger partial charge is 0.357 e. The number of hydrogen-bond donors (Lipinski definition) is 4. The van der Waals surface area contributed by atoms with Crippen molar-refractivity contribution < 1.29 is 25.9 Å². The van der Waals surface area contributed by atoms with E-state index < -0.39 is 20.6 Å². The van der Waals surface area contributed by atoms with Crippen LogP contribution in [0.1, 0.15) is 0 Å². The van der Waals surface area contributed by atoms with E-state index in [0.29, 0.717) is 0 Å². The molecule has 0 aliphatic heterocycles. The van der Waals surface area contributed by atoms with E-state index >= 15 is 0 Å². The second-order valence-corrected chi connectivity index (χ2v) is 5.04. The lowest BCUT2D eigenvalue weighted by atomic mass is 10.3. The third kappa shape index (κ3) is 4.93. The van der Waals surface area contributed by atoms with Gasteiger partial charge in [0.25, 0.3) is 0 Å². The molecule has 0 amide bonds. The van der Waals surface area contributed by atoms with E-state index in [9.17, 15) is 16.8 Å². The minimum atomic E-state index is -4.36. The van der Waals surface area contributed by atoms with Gasteiger partial charge in [0.2, 0.25) is 0 Å². The van der Waals surface area contributed by atoms with Crippen molar-refractivity contribution in [3.63, 3.8) is 0 Å². The Bertz CT molecular complexity index is 509. The van der Waals surface area contributed by atoms with Crippen molar-refractivity contribution in [2.24, 2.45) is 0 Å². The van der Waals surface area contributed by atoms with E-state index in [1.165, 1.54) is 24.3 Å². The van der Waals surface area contributed by atoms with E-state index in [1.54, 1.807) is 9.44 Å². The van der Waals surface area contributed by atoms with Gasteiger partial charge < -0.3 is 0 Å². The molecule has 0 fully saturated rings. The molecule has 4 N–H and O–H groups in total. The van der Waals surface area contributed by atoms with Crippen LogP contribution in [0.15, 0.2) is 24.3 Å². The standard InChI is InChI=1S/C6H8N2O6S2/c9-15(10,11)7-5-1-2-6(4-3-5)8-16(12,13)14/h1-4,7-8H,(H,9,10,11)(H,12,13,14). The number of rotatable bonds is 4. The third-order valence-electron chi connectivity index (χ3n) is 1.38. The van der Waals surface area contributed by atoms with Gasteiger partial charge in [-0.1, -0.05) is 0 Å². The normalized spacial score (nSPS) is 12.1. The monoisotopic (exact) mass is 268 g/mol. The first-order valence-corrected chi connectivity index (χ1v) is 6.64. The van der Waals surface area contributed by atoms with Crippen LogP contribution in [0, 0.1) is 0 Å². The maximum Gasteiger partial charge on any atom is 0.357 e. The highest BCUT2D eigenvalue weighted by Gasteiger charge is 2.06. The molecule has 0 atom stereocenters. The fourth-order valence-corrected chi connectivity index (χ4v) is 1.77. The minimum absolute atomic E-state index is 0.0448. The molecule has 90 valence electrons. The van der Waals surface area contributed by atoms with Crippen LogP contribution < -0.4 is 9.44 Å². The van der Waals surface area contributed by atoms with Crippen LogP contribution >= 0.6 is 0 Å². The lowest BCUT2D eigenvalue weighted by Gasteiger charge is -2.05. The topological polar surface area (TPSA) is 133 Å². The Hall–Kier alpha value is -1.36. The van der Waals surface area contributed by atoms with E-state index in [2.05, 4.69) is 0 Å². The summed E-state index contributed by atoms with van der Waals surface area (Å²) in [6.07, 6.45) is 0. The van der Waals surface area contributed by atoms with Gasteiger partial charge in [0, 0.05) is 0 Å². The number of benzene rings is 1. The summed E-state index contributed by atoms with van der Waals surface area (Å²) in [6, 6.07) is 4.78. The molecule has 0 saturated heterocycles. The van der Waals surface area contributed by atoms with Gasteiger partial charge in [-0.3, -0.25) is 18.5 Å². The first-order valence-electron chi connectivity index (χ1n) is 3.76. The second kappa shape index (κ2) is 4.25. The number of anilines is 2. The van der Waals surface area contributed by atoms with Crippen molar-refractivity contribution >= 4 is 32.0 Å². The molecular formula is C6H8N2O6S2. The molecular weight excluding hydrogens is 260 g/mol. The maximum absolute atomic E-state index is 10.4. The Morgan fingerprint density at radius 2 is 1.00 bits per heavy atom. The smallest absolute Gasteiger partial charge is 0.269 e. The molecule has 8 nitrogen and oxygen atoms in total. The van der Waals surface area contributed by atoms with Crippen LogP contribution in [0.4, 0.5) is 11.4 Å². The predicted octanol–water partition coefficient (Wildman–Crippen LogP) is 0.116. The summed E-state index contributed by atoms with van der Waals surface area (Å²) < 4.78 is 62.0. The van der Waals surface area contributed by atoms with Crippen molar-refractivity contribution in [3.8, 4) is 0 Å². The van der Waals surface area contributed by atoms with E-state index in [1.807, 2.05) is 0 Å². The Labute approximate surface area is 92.1 Å². The molecule has 0 saturated carbocycles. The zero-order valence-electron chi connectivity index (χ0n) is 7.65. The van der Waals surface area contributed by atoms with E-state index in [4.69, 9.17) is 9.11 Å². The third-order valence-corrected chi connectivity index (χ3v) is 2.37. The molecule has 10 heteroatoms. The quantitative estimate of drug-likeness (QED) is 0.573. The van der Waals surface area contributed by atoms with Gasteiger partial charge in [-0.15, -0.1) is 0 Å². The molecule has 0 unspecified atom stereocenters. The predicted molar refractivity (Wildman–Crippen MR) is 56.8 cm³/mol. The van der Waals surface area contributed by atoms with Crippen molar-refractivity contribution in [1.82, 2.24) is 0 Å². The number of nitrogens with one attached hydrogen (secondary N) is 2. The zero-order chi connectivity index (χ0) is 12.4. The van der Waals surface area contributed by atoms with Crippen LogP contribution in [0.2, 0.25) is 0 Å². The van der Waals surface area contributed by atoms with Gasteiger partial charge in [0.05, 0.1) is 11.4 Å². The molecule has 0 bridgehead atoms. The molecule has 1 aromatic carbocycles. The van der Waals surface area contributed by atoms with Crippen molar-refractivity contribution in [3.05, 3.63) is 24.3 Å². The second-order valence-electron chi connectivity index (χ2n) is 2.73. The van der Waals surface area contributed by atoms with Gasteiger partial charge in [-0.25, -0.2) is 0 Å². The molecule has 1 rings (SSSR count). The van der Waals surface area contributed by atoms with Crippen LogP contribution in [0.5, 0.6) is 0 Å². The van der Waals surface area contributed by atoms with Crippen LogP contribution in [0.3, 0.4) is 0 Å². The van der Waals surface area contributed by atoms with Gasteiger partial charge in [-0.2, -0.15) is 16.8 Å². The molecule has 16 heavy (non-hydrogen) atoms. The molecule has 0 aromatic heterocycles. The minimum Gasteiger partial charge on any atom is -0.269 e.